The number of aromatic nitrogens is 4. The van der Waals surface area contributed by atoms with Crippen LogP contribution in [-0.2, 0) is 7.05 Å². The first-order valence-electron chi connectivity index (χ1n) is 9.24. The third-order valence-electron chi connectivity index (χ3n) is 4.78. The molecule has 0 aliphatic heterocycles. The van der Waals surface area contributed by atoms with Gasteiger partial charge in [-0.1, -0.05) is 18.2 Å². The van der Waals surface area contributed by atoms with E-state index >= 15 is 0 Å². The van der Waals surface area contributed by atoms with Crippen LogP contribution < -0.4 is 10.4 Å². The molecule has 0 amide bonds. The molecule has 0 saturated carbocycles. The molecule has 0 radical (unpaired) electrons. The number of rotatable bonds is 4. The molecule has 144 valence electrons. The molecule has 0 spiro atoms. The van der Waals surface area contributed by atoms with E-state index in [1.54, 1.807) is 7.05 Å². The van der Waals surface area contributed by atoms with E-state index in [9.17, 15) is 10.1 Å². The number of fused-ring (bicyclic) bond motifs is 1. The van der Waals surface area contributed by atoms with Gasteiger partial charge in [-0.25, -0.2) is 19.3 Å². The van der Waals surface area contributed by atoms with Gasteiger partial charge in [-0.15, -0.1) is 0 Å². The smallest absolute Gasteiger partial charge is 0.334 e. The summed E-state index contributed by atoms with van der Waals surface area (Å²) < 4.78 is 8.43. The maximum Gasteiger partial charge on any atom is 0.334 e. The van der Waals surface area contributed by atoms with Crippen molar-refractivity contribution in [1.82, 2.24) is 19.1 Å². The second kappa shape index (κ2) is 7.24. The highest BCUT2D eigenvalue weighted by atomic mass is 16.5. The maximum atomic E-state index is 13.0. The van der Waals surface area contributed by atoms with Crippen LogP contribution in [0.25, 0.3) is 28.2 Å². The molecule has 4 rings (SSSR count). The van der Waals surface area contributed by atoms with E-state index < -0.39 is 0 Å². The molecule has 0 fully saturated rings. The quantitative estimate of drug-likeness (QED) is 0.538. The molecule has 2 heterocycles. The molecular formula is C22H19N5O2. The Morgan fingerprint density at radius 2 is 1.83 bits per heavy atom. The summed E-state index contributed by atoms with van der Waals surface area (Å²) in [5.74, 6) is 1.12. The van der Waals surface area contributed by atoms with Crippen molar-refractivity contribution >= 4 is 11.2 Å². The number of aryl methyl sites for hydroxylation is 2. The van der Waals surface area contributed by atoms with Crippen molar-refractivity contribution in [3.63, 3.8) is 0 Å². The van der Waals surface area contributed by atoms with Crippen molar-refractivity contribution in [1.29, 1.82) is 5.26 Å². The molecule has 4 aromatic rings. The second-order valence-corrected chi connectivity index (χ2v) is 6.60. The molecule has 0 saturated heterocycles. The van der Waals surface area contributed by atoms with Gasteiger partial charge in [0.2, 0.25) is 0 Å². The molecule has 7 nitrogen and oxygen atoms in total. The highest BCUT2D eigenvalue weighted by molar-refractivity contribution is 5.81. The molecule has 2 aromatic heterocycles. The van der Waals surface area contributed by atoms with Crippen molar-refractivity contribution in [2.24, 2.45) is 7.05 Å². The standard InChI is InChI=1S/C22H19N5O2/c1-4-29-16-11-9-15(10-12-16)20-24-17(13-23)19-21(25-20)27(22(28)26(19)3)18-8-6-5-7-14(18)2/h5-12H,4H2,1-3H3. The number of para-hydroxylation sites is 1. The van der Waals surface area contributed by atoms with Gasteiger partial charge in [0.1, 0.15) is 17.3 Å². The zero-order valence-electron chi connectivity index (χ0n) is 16.4. The van der Waals surface area contributed by atoms with Crippen LogP contribution in [0.2, 0.25) is 0 Å². The highest BCUT2D eigenvalue weighted by Gasteiger charge is 2.20. The van der Waals surface area contributed by atoms with Crippen molar-refractivity contribution in [3.05, 3.63) is 70.3 Å². The summed E-state index contributed by atoms with van der Waals surface area (Å²) in [6.07, 6.45) is 0. The molecule has 2 aromatic carbocycles. The predicted molar refractivity (Wildman–Crippen MR) is 110 cm³/mol. The first-order valence-corrected chi connectivity index (χ1v) is 9.24. The number of hydrogen-bond donors (Lipinski definition) is 0. The molecule has 0 atom stereocenters. The molecule has 0 N–H and O–H groups in total. The van der Waals surface area contributed by atoms with Crippen molar-refractivity contribution in [2.75, 3.05) is 6.61 Å². The van der Waals surface area contributed by atoms with Crippen LogP contribution in [0.3, 0.4) is 0 Å². The first-order chi connectivity index (χ1) is 14.0. The maximum absolute atomic E-state index is 13.0. The fourth-order valence-corrected chi connectivity index (χ4v) is 3.35. The first kappa shape index (κ1) is 18.4. The molecule has 0 unspecified atom stereocenters. The van der Waals surface area contributed by atoms with Gasteiger partial charge < -0.3 is 4.74 Å². The molecular weight excluding hydrogens is 366 g/mol. The Bertz CT molecular complexity index is 1310. The van der Waals surface area contributed by atoms with Gasteiger partial charge in [0.25, 0.3) is 0 Å². The molecule has 29 heavy (non-hydrogen) atoms. The predicted octanol–water partition coefficient (Wildman–Crippen LogP) is 3.37. The minimum absolute atomic E-state index is 0.158. The fourth-order valence-electron chi connectivity index (χ4n) is 3.35. The van der Waals surface area contributed by atoms with Gasteiger partial charge >= 0.3 is 5.69 Å². The van der Waals surface area contributed by atoms with E-state index in [0.29, 0.717) is 23.6 Å². The summed E-state index contributed by atoms with van der Waals surface area (Å²) in [5, 5.41) is 9.69. The fraction of sp³-hybridized carbons (Fsp3) is 0.182. The Labute approximate surface area is 167 Å². The lowest BCUT2D eigenvalue weighted by Crippen LogP contribution is -2.21. The number of nitriles is 1. The van der Waals surface area contributed by atoms with Gasteiger partial charge in [0.15, 0.2) is 17.2 Å². The third-order valence-corrected chi connectivity index (χ3v) is 4.78. The topological polar surface area (TPSA) is 85.7 Å². The van der Waals surface area contributed by atoms with Crippen LogP contribution in [0.4, 0.5) is 0 Å². The summed E-state index contributed by atoms with van der Waals surface area (Å²) in [6, 6.07) is 17.0. The van der Waals surface area contributed by atoms with Crippen molar-refractivity contribution in [2.45, 2.75) is 13.8 Å². The van der Waals surface area contributed by atoms with Crippen LogP contribution >= 0.6 is 0 Å². The number of imidazole rings is 1. The molecule has 0 aliphatic rings. The zero-order valence-corrected chi connectivity index (χ0v) is 16.4. The van der Waals surface area contributed by atoms with E-state index in [-0.39, 0.29) is 11.4 Å². The van der Waals surface area contributed by atoms with Gasteiger partial charge in [-0.2, -0.15) is 5.26 Å². The number of ether oxygens (including phenoxy) is 1. The van der Waals surface area contributed by atoms with E-state index in [0.717, 1.165) is 22.6 Å². The number of hydrogen-bond acceptors (Lipinski definition) is 5. The largest absolute Gasteiger partial charge is 0.494 e. The Morgan fingerprint density at radius 1 is 1.10 bits per heavy atom. The monoisotopic (exact) mass is 385 g/mol. The van der Waals surface area contributed by atoms with Gasteiger partial charge in [-0.3, -0.25) is 4.57 Å². The Kier molecular flexibility index (Phi) is 4.61. The van der Waals surface area contributed by atoms with E-state index in [1.165, 1.54) is 9.13 Å². The van der Waals surface area contributed by atoms with Gasteiger partial charge in [0.05, 0.1) is 12.3 Å². The van der Waals surface area contributed by atoms with Crippen molar-refractivity contribution in [3.8, 4) is 28.9 Å². The zero-order chi connectivity index (χ0) is 20.5. The summed E-state index contributed by atoms with van der Waals surface area (Å²) in [5.41, 5.74) is 3.09. The summed E-state index contributed by atoms with van der Waals surface area (Å²) in [6.45, 7) is 4.43. The number of nitrogens with zero attached hydrogens (tertiary/aromatic N) is 5. The van der Waals surface area contributed by atoms with Crippen LogP contribution in [0, 0.1) is 18.3 Å². The van der Waals surface area contributed by atoms with Crippen molar-refractivity contribution < 1.29 is 4.74 Å². The average molecular weight is 385 g/mol. The van der Waals surface area contributed by atoms with Crippen LogP contribution in [0.1, 0.15) is 18.2 Å². The Morgan fingerprint density at radius 3 is 2.48 bits per heavy atom. The minimum Gasteiger partial charge on any atom is -0.494 e. The minimum atomic E-state index is -0.274. The van der Waals surface area contributed by atoms with Crippen LogP contribution in [-0.4, -0.2) is 25.7 Å². The van der Waals surface area contributed by atoms with Crippen LogP contribution in [0.5, 0.6) is 5.75 Å². The van der Waals surface area contributed by atoms with E-state index in [2.05, 4.69) is 16.0 Å². The average Bonchev–Trinajstić information content (AvgIpc) is 2.99. The molecule has 0 aliphatic carbocycles. The Hall–Kier alpha value is -3.92. The molecule has 0 bridgehead atoms. The van der Waals surface area contributed by atoms with E-state index in [4.69, 9.17) is 4.74 Å². The lowest BCUT2D eigenvalue weighted by Gasteiger charge is -2.08. The molecule has 7 heteroatoms. The highest BCUT2D eigenvalue weighted by Crippen LogP contribution is 2.25. The van der Waals surface area contributed by atoms with Gasteiger partial charge in [0, 0.05) is 12.6 Å². The van der Waals surface area contributed by atoms with E-state index in [1.807, 2.05) is 62.4 Å². The third kappa shape index (κ3) is 3.05. The normalized spacial score (nSPS) is 10.8. The number of benzene rings is 2. The lowest BCUT2D eigenvalue weighted by molar-refractivity contribution is 0.340. The summed E-state index contributed by atoms with van der Waals surface area (Å²) in [7, 11) is 1.63. The lowest BCUT2D eigenvalue weighted by atomic mass is 10.2. The van der Waals surface area contributed by atoms with Gasteiger partial charge in [-0.05, 0) is 49.7 Å². The SMILES string of the molecule is CCOc1ccc(-c2nc(C#N)c3c(n2)n(-c2ccccc2C)c(=O)n3C)cc1. The van der Waals surface area contributed by atoms with Crippen LogP contribution in [0.15, 0.2) is 53.3 Å². The summed E-state index contributed by atoms with van der Waals surface area (Å²) in [4.78, 5) is 22.1. The summed E-state index contributed by atoms with van der Waals surface area (Å²) >= 11 is 0. The second-order valence-electron chi connectivity index (χ2n) is 6.60. The Balaban J connectivity index is 2.01.